The molecule has 1 aromatic heterocycles. The lowest BCUT2D eigenvalue weighted by molar-refractivity contribution is 0.395. The van der Waals surface area contributed by atoms with Crippen LogP contribution >= 0.6 is 0 Å². The van der Waals surface area contributed by atoms with E-state index in [1.165, 1.54) is 14.2 Å². The molecule has 0 spiro atoms. The van der Waals surface area contributed by atoms with Gasteiger partial charge >= 0.3 is 0 Å². The van der Waals surface area contributed by atoms with E-state index in [9.17, 15) is 8.42 Å². The van der Waals surface area contributed by atoms with Gasteiger partial charge in [-0.1, -0.05) is 0 Å². The molecule has 3 rings (SSSR count). The Kier molecular flexibility index (Phi) is 4.11. The van der Waals surface area contributed by atoms with Crippen LogP contribution in [-0.4, -0.2) is 27.2 Å². The van der Waals surface area contributed by atoms with Crippen molar-refractivity contribution in [3.8, 4) is 11.5 Å². The Morgan fingerprint density at radius 2 is 1.62 bits per heavy atom. The molecule has 0 atom stereocenters. The van der Waals surface area contributed by atoms with Crippen molar-refractivity contribution in [3.63, 3.8) is 0 Å². The molecule has 0 amide bonds. The van der Waals surface area contributed by atoms with Gasteiger partial charge in [-0.2, -0.15) is 0 Å². The number of ether oxygens (including phenoxy) is 2. The van der Waals surface area contributed by atoms with Gasteiger partial charge in [0.2, 0.25) is 0 Å². The summed E-state index contributed by atoms with van der Waals surface area (Å²) in [6, 6.07) is 11.8. The van der Waals surface area contributed by atoms with Crippen molar-refractivity contribution >= 4 is 26.6 Å². The average Bonchev–Trinajstić information content (AvgIpc) is 2.94. The van der Waals surface area contributed by atoms with Gasteiger partial charge in [0, 0.05) is 42.3 Å². The number of anilines is 1. The monoisotopic (exact) mass is 346 g/mol. The number of fused-ring (bicyclic) bond motifs is 1. The van der Waals surface area contributed by atoms with Crippen LogP contribution in [0.25, 0.3) is 10.9 Å². The zero-order valence-corrected chi connectivity index (χ0v) is 14.4. The number of hydrogen-bond acceptors (Lipinski definition) is 4. The van der Waals surface area contributed by atoms with Gasteiger partial charge in [0.25, 0.3) is 10.0 Å². The highest BCUT2D eigenvalue weighted by molar-refractivity contribution is 7.92. The van der Waals surface area contributed by atoms with E-state index in [0.717, 1.165) is 10.9 Å². The lowest BCUT2D eigenvalue weighted by Crippen LogP contribution is -2.13. The number of nitrogens with one attached hydrogen (secondary N) is 1. The van der Waals surface area contributed by atoms with Crippen molar-refractivity contribution in [3.05, 3.63) is 48.7 Å². The Balaban J connectivity index is 1.98. The lowest BCUT2D eigenvalue weighted by atomic mass is 10.2. The van der Waals surface area contributed by atoms with Gasteiger partial charge in [-0.05, 0) is 24.3 Å². The summed E-state index contributed by atoms with van der Waals surface area (Å²) < 4.78 is 40.1. The number of aryl methyl sites for hydroxylation is 1. The van der Waals surface area contributed by atoms with E-state index in [2.05, 4.69) is 4.72 Å². The number of sulfonamides is 1. The van der Waals surface area contributed by atoms with Crippen LogP contribution in [0.4, 0.5) is 5.69 Å². The van der Waals surface area contributed by atoms with Gasteiger partial charge in [0.05, 0.1) is 24.8 Å². The van der Waals surface area contributed by atoms with Crippen LogP contribution in [0, 0.1) is 0 Å². The summed E-state index contributed by atoms with van der Waals surface area (Å²) in [6.45, 7) is 0. The first kappa shape index (κ1) is 16.2. The van der Waals surface area contributed by atoms with Gasteiger partial charge in [-0.15, -0.1) is 0 Å². The maximum Gasteiger partial charge on any atom is 0.261 e. The molecular weight excluding hydrogens is 328 g/mol. The Morgan fingerprint density at radius 3 is 2.25 bits per heavy atom. The molecule has 0 saturated carbocycles. The molecule has 3 aromatic rings. The Bertz CT molecular complexity index is 971. The van der Waals surface area contributed by atoms with Crippen LogP contribution in [0.1, 0.15) is 0 Å². The molecule has 0 aliphatic carbocycles. The highest BCUT2D eigenvalue weighted by atomic mass is 32.2. The highest BCUT2D eigenvalue weighted by Crippen LogP contribution is 2.28. The van der Waals surface area contributed by atoms with Crippen LogP contribution in [0.15, 0.2) is 53.6 Å². The molecular formula is C17H18N2O4S. The fourth-order valence-corrected chi connectivity index (χ4v) is 3.58. The molecule has 1 heterocycles. The molecule has 0 bridgehead atoms. The molecule has 2 aromatic carbocycles. The average molecular weight is 346 g/mol. The zero-order valence-electron chi connectivity index (χ0n) is 13.6. The minimum atomic E-state index is -3.72. The number of aromatic nitrogens is 1. The fourth-order valence-electron chi connectivity index (χ4n) is 2.51. The second-order valence-electron chi connectivity index (χ2n) is 5.35. The quantitative estimate of drug-likeness (QED) is 0.771. The van der Waals surface area contributed by atoms with Crippen molar-refractivity contribution in [1.29, 1.82) is 0 Å². The molecule has 126 valence electrons. The van der Waals surface area contributed by atoms with Crippen LogP contribution in [0.3, 0.4) is 0 Å². The third-order valence-electron chi connectivity index (χ3n) is 3.77. The predicted molar refractivity (Wildman–Crippen MR) is 93.3 cm³/mol. The maximum absolute atomic E-state index is 12.7. The maximum atomic E-state index is 12.7. The first-order chi connectivity index (χ1) is 11.4. The summed E-state index contributed by atoms with van der Waals surface area (Å²) >= 11 is 0. The van der Waals surface area contributed by atoms with Gasteiger partial charge in [0.15, 0.2) is 0 Å². The standard InChI is InChI=1S/C17H18N2O4S/c1-19-7-6-12-8-16(4-5-17(12)19)24(20,21)18-13-9-14(22-2)11-15(10-13)23-3/h4-11,18H,1-3H3. The minimum Gasteiger partial charge on any atom is -0.497 e. The van der Waals surface area contributed by atoms with Crippen LogP contribution in [0.2, 0.25) is 0 Å². The zero-order chi connectivity index (χ0) is 17.3. The molecule has 1 N–H and O–H groups in total. The lowest BCUT2D eigenvalue weighted by Gasteiger charge is -2.11. The van der Waals surface area contributed by atoms with Crippen LogP contribution < -0.4 is 14.2 Å². The number of nitrogens with zero attached hydrogens (tertiary/aromatic N) is 1. The fraction of sp³-hybridized carbons (Fsp3) is 0.176. The number of benzene rings is 2. The van der Waals surface area contributed by atoms with Gasteiger partial charge in [0.1, 0.15) is 11.5 Å². The number of hydrogen-bond donors (Lipinski definition) is 1. The van der Waals surface area contributed by atoms with E-state index >= 15 is 0 Å². The molecule has 0 aliphatic heterocycles. The van der Waals surface area contributed by atoms with E-state index < -0.39 is 10.0 Å². The molecule has 0 radical (unpaired) electrons. The summed E-state index contributed by atoms with van der Waals surface area (Å²) in [6.07, 6.45) is 1.89. The van der Waals surface area contributed by atoms with E-state index in [0.29, 0.717) is 17.2 Å². The van der Waals surface area contributed by atoms with Crippen molar-refractivity contribution in [1.82, 2.24) is 4.57 Å². The van der Waals surface area contributed by atoms with Crippen molar-refractivity contribution in [2.45, 2.75) is 4.90 Å². The molecule has 0 fully saturated rings. The van der Waals surface area contributed by atoms with Gasteiger partial charge in [-0.3, -0.25) is 4.72 Å². The van der Waals surface area contributed by atoms with E-state index in [4.69, 9.17) is 9.47 Å². The first-order valence-corrected chi connectivity index (χ1v) is 8.72. The molecule has 0 saturated heterocycles. The second-order valence-corrected chi connectivity index (χ2v) is 7.04. The SMILES string of the molecule is COc1cc(NS(=O)(=O)c2ccc3c(ccn3C)c2)cc(OC)c1. The first-order valence-electron chi connectivity index (χ1n) is 7.24. The topological polar surface area (TPSA) is 69.6 Å². The summed E-state index contributed by atoms with van der Waals surface area (Å²) in [5.41, 5.74) is 1.34. The summed E-state index contributed by atoms with van der Waals surface area (Å²) in [5, 5.41) is 0.864. The van der Waals surface area contributed by atoms with Crippen LogP contribution in [-0.2, 0) is 17.1 Å². The second kappa shape index (κ2) is 6.09. The summed E-state index contributed by atoms with van der Waals surface area (Å²) in [5.74, 6) is 1.01. The van der Waals surface area contributed by atoms with E-state index in [1.807, 2.05) is 23.9 Å². The molecule has 7 heteroatoms. The van der Waals surface area contributed by atoms with E-state index in [-0.39, 0.29) is 4.90 Å². The number of rotatable bonds is 5. The predicted octanol–water partition coefficient (Wildman–Crippen LogP) is 3.00. The Hall–Kier alpha value is -2.67. The minimum absolute atomic E-state index is 0.197. The Morgan fingerprint density at radius 1 is 0.958 bits per heavy atom. The third kappa shape index (κ3) is 3.03. The third-order valence-corrected chi connectivity index (χ3v) is 5.15. The summed E-state index contributed by atoms with van der Waals surface area (Å²) in [7, 11) is 1.22. The smallest absolute Gasteiger partial charge is 0.261 e. The number of methoxy groups -OCH3 is 2. The summed E-state index contributed by atoms with van der Waals surface area (Å²) in [4.78, 5) is 0.197. The Labute approximate surface area is 140 Å². The van der Waals surface area contributed by atoms with Crippen molar-refractivity contribution in [2.24, 2.45) is 7.05 Å². The van der Waals surface area contributed by atoms with Crippen molar-refractivity contribution in [2.75, 3.05) is 18.9 Å². The van der Waals surface area contributed by atoms with Crippen LogP contribution in [0.5, 0.6) is 11.5 Å². The van der Waals surface area contributed by atoms with Crippen molar-refractivity contribution < 1.29 is 17.9 Å². The molecule has 0 unspecified atom stereocenters. The van der Waals surface area contributed by atoms with Gasteiger partial charge in [-0.25, -0.2) is 8.42 Å². The molecule has 6 nitrogen and oxygen atoms in total. The normalized spacial score (nSPS) is 11.5. The molecule has 24 heavy (non-hydrogen) atoms. The highest BCUT2D eigenvalue weighted by Gasteiger charge is 2.16. The van der Waals surface area contributed by atoms with Gasteiger partial charge < -0.3 is 14.0 Å². The largest absolute Gasteiger partial charge is 0.497 e. The molecule has 0 aliphatic rings. The van der Waals surface area contributed by atoms with E-state index in [1.54, 1.807) is 36.4 Å².